The molecule has 0 saturated carbocycles. The topological polar surface area (TPSA) is 20.2 Å². The smallest absolute Gasteiger partial charge is 0.0883 e. The Labute approximate surface area is 133 Å². The highest BCUT2D eigenvalue weighted by atomic mass is 79.9. The molecule has 3 heteroatoms. The summed E-state index contributed by atoms with van der Waals surface area (Å²) in [6, 6.07) is 16.5. The molecule has 2 rings (SSSR count). The molecule has 2 aromatic rings. The van der Waals surface area contributed by atoms with Crippen LogP contribution >= 0.6 is 27.7 Å². The van der Waals surface area contributed by atoms with Crippen molar-refractivity contribution in [1.82, 2.24) is 0 Å². The quantitative estimate of drug-likeness (QED) is 0.720. The number of aliphatic hydroxyl groups is 1. The first kappa shape index (κ1) is 15.6. The van der Waals surface area contributed by atoms with E-state index in [1.54, 1.807) is 11.8 Å². The Kier molecular flexibility index (Phi) is 6.14. The lowest BCUT2D eigenvalue weighted by Gasteiger charge is -2.11. The maximum Gasteiger partial charge on any atom is 0.0883 e. The van der Waals surface area contributed by atoms with E-state index in [-0.39, 0.29) is 0 Å². The van der Waals surface area contributed by atoms with Crippen molar-refractivity contribution in [2.45, 2.75) is 30.8 Å². The van der Waals surface area contributed by atoms with Gasteiger partial charge in [0.1, 0.15) is 0 Å². The summed E-state index contributed by atoms with van der Waals surface area (Å²) < 4.78 is 1.08. The third-order valence-electron chi connectivity index (χ3n) is 3.12. The second kappa shape index (κ2) is 7.87. The number of rotatable bonds is 6. The summed E-state index contributed by atoms with van der Waals surface area (Å²) in [7, 11) is 0. The zero-order valence-electron chi connectivity index (χ0n) is 11.6. The van der Waals surface area contributed by atoms with Gasteiger partial charge in [0.05, 0.1) is 6.10 Å². The Morgan fingerprint density at radius 3 is 2.30 bits per heavy atom. The van der Waals surface area contributed by atoms with Gasteiger partial charge in [-0.3, -0.25) is 0 Å². The number of benzene rings is 2. The van der Waals surface area contributed by atoms with E-state index in [0.29, 0.717) is 5.75 Å². The minimum absolute atomic E-state index is 0.417. The Balaban J connectivity index is 1.90. The normalized spacial score (nSPS) is 12.3. The first-order valence-electron chi connectivity index (χ1n) is 6.84. The molecule has 0 aromatic heterocycles. The number of halogens is 1. The average molecular weight is 351 g/mol. The van der Waals surface area contributed by atoms with E-state index in [1.165, 1.54) is 10.5 Å². The highest BCUT2D eigenvalue weighted by molar-refractivity contribution is 9.10. The zero-order chi connectivity index (χ0) is 14.4. The van der Waals surface area contributed by atoms with Crippen molar-refractivity contribution in [1.29, 1.82) is 0 Å². The summed E-state index contributed by atoms with van der Waals surface area (Å²) in [6.45, 7) is 2.18. The summed E-state index contributed by atoms with van der Waals surface area (Å²) in [6.07, 6.45) is 1.84. The maximum atomic E-state index is 10.2. The number of aliphatic hydroxyl groups excluding tert-OH is 1. The fraction of sp³-hybridized carbons (Fsp3) is 0.294. The van der Waals surface area contributed by atoms with Gasteiger partial charge in [0.2, 0.25) is 0 Å². The van der Waals surface area contributed by atoms with E-state index in [0.717, 1.165) is 22.9 Å². The van der Waals surface area contributed by atoms with Gasteiger partial charge in [-0.05, 0) is 41.8 Å². The Morgan fingerprint density at radius 2 is 1.70 bits per heavy atom. The molecule has 2 aromatic carbocycles. The minimum Gasteiger partial charge on any atom is -0.388 e. The van der Waals surface area contributed by atoms with Crippen LogP contribution in [0.4, 0.5) is 0 Å². The van der Waals surface area contributed by atoms with Crippen molar-refractivity contribution in [2.24, 2.45) is 0 Å². The Morgan fingerprint density at radius 1 is 1.05 bits per heavy atom. The molecule has 1 N–H and O–H groups in total. The van der Waals surface area contributed by atoms with E-state index in [2.05, 4.69) is 47.1 Å². The van der Waals surface area contributed by atoms with Crippen LogP contribution in [0.5, 0.6) is 0 Å². The van der Waals surface area contributed by atoms with Gasteiger partial charge in [-0.2, -0.15) is 0 Å². The second-order valence-electron chi connectivity index (χ2n) is 4.77. The molecular formula is C17H19BrOS. The molecule has 0 radical (unpaired) electrons. The molecule has 0 amide bonds. The third-order valence-corrected chi connectivity index (χ3v) is 4.74. The van der Waals surface area contributed by atoms with Crippen molar-refractivity contribution < 1.29 is 5.11 Å². The van der Waals surface area contributed by atoms with E-state index in [9.17, 15) is 5.11 Å². The zero-order valence-corrected chi connectivity index (χ0v) is 14.0. The van der Waals surface area contributed by atoms with Gasteiger partial charge in [-0.25, -0.2) is 0 Å². The molecule has 0 aliphatic carbocycles. The van der Waals surface area contributed by atoms with E-state index >= 15 is 0 Å². The van der Waals surface area contributed by atoms with Crippen LogP contribution in [0.15, 0.2) is 57.9 Å². The summed E-state index contributed by atoms with van der Waals surface area (Å²) in [5.74, 6) is 0.675. The van der Waals surface area contributed by atoms with Crippen molar-refractivity contribution >= 4 is 27.7 Å². The highest BCUT2D eigenvalue weighted by Gasteiger charge is 2.08. The largest absolute Gasteiger partial charge is 0.388 e. The lowest BCUT2D eigenvalue weighted by molar-refractivity contribution is 0.204. The van der Waals surface area contributed by atoms with Crippen LogP contribution in [0.25, 0.3) is 0 Å². The van der Waals surface area contributed by atoms with Gasteiger partial charge < -0.3 is 5.11 Å². The molecule has 106 valence electrons. The van der Waals surface area contributed by atoms with E-state index in [1.807, 2.05) is 24.3 Å². The molecule has 0 heterocycles. The van der Waals surface area contributed by atoms with Crippen LogP contribution in [-0.2, 0) is 6.42 Å². The van der Waals surface area contributed by atoms with Crippen LogP contribution in [0.3, 0.4) is 0 Å². The minimum atomic E-state index is -0.417. The van der Waals surface area contributed by atoms with Crippen molar-refractivity contribution in [2.75, 3.05) is 5.75 Å². The lowest BCUT2D eigenvalue weighted by Crippen LogP contribution is -2.00. The van der Waals surface area contributed by atoms with Gasteiger partial charge in [0.25, 0.3) is 0 Å². The number of hydrogen-bond acceptors (Lipinski definition) is 2. The number of thioether (sulfide) groups is 1. The fourth-order valence-electron chi connectivity index (χ4n) is 2.00. The lowest BCUT2D eigenvalue weighted by atomic mass is 10.1. The maximum absolute atomic E-state index is 10.2. The molecule has 0 fully saturated rings. The highest BCUT2D eigenvalue weighted by Crippen LogP contribution is 2.26. The summed E-state index contributed by atoms with van der Waals surface area (Å²) in [5, 5.41) is 10.2. The third kappa shape index (κ3) is 4.65. The van der Waals surface area contributed by atoms with Gasteiger partial charge in [-0.15, -0.1) is 11.8 Å². The number of hydrogen-bond donors (Lipinski definition) is 1. The van der Waals surface area contributed by atoms with Crippen LogP contribution in [0, 0.1) is 0 Å². The van der Waals surface area contributed by atoms with E-state index in [4.69, 9.17) is 0 Å². The first-order chi connectivity index (χ1) is 9.69. The van der Waals surface area contributed by atoms with Gasteiger partial charge in [0.15, 0.2) is 0 Å². The monoisotopic (exact) mass is 350 g/mol. The van der Waals surface area contributed by atoms with Crippen LogP contribution < -0.4 is 0 Å². The Bertz CT molecular complexity index is 522. The summed E-state index contributed by atoms with van der Waals surface area (Å²) >= 11 is 5.10. The van der Waals surface area contributed by atoms with Crippen LogP contribution in [0.2, 0.25) is 0 Å². The first-order valence-corrected chi connectivity index (χ1v) is 8.62. The van der Waals surface area contributed by atoms with Crippen molar-refractivity contribution in [3.05, 3.63) is 64.1 Å². The molecule has 0 spiro atoms. The molecule has 1 unspecified atom stereocenters. The van der Waals surface area contributed by atoms with Crippen LogP contribution in [-0.4, -0.2) is 10.9 Å². The summed E-state index contributed by atoms with van der Waals surface area (Å²) in [5.41, 5.74) is 2.33. The summed E-state index contributed by atoms with van der Waals surface area (Å²) in [4.78, 5) is 1.18. The molecule has 0 aliphatic heterocycles. The predicted octanol–water partition coefficient (Wildman–Crippen LogP) is 5.23. The molecular weight excluding hydrogens is 332 g/mol. The van der Waals surface area contributed by atoms with Gasteiger partial charge >= 0.3 is 0 Å². The molecule has 1 nitrogen and oxygen atoms in total. The van der Waals surface area contributed by atoms with Crippen molar-refractivity contribution in [3.8, 4) is 0 Å². The molecule has 0 aliphatic rings. The van der Waals surface area contributed by atoms with Crippen molar-refractivity contribution in [3.63, 3.8) is 0 Å². The molecule has 0 saturated heterocycles. The molecule has 0 bridgehead atoms. The predicted molar refractivity (Wildman–Crippen MR) is 90.3 cm³/mol. The fourth-order valence-corrected chi connectivity index (χ4v) is 3.13. The van der Waals surface area contributed by atoms with E-state index < -0.39 is 6.10 Å². The van der Waals surface area contributed by atoms with Gasteiger partial charge in [-0.1, -0.05) is 53.5 Å². The number of aryl methyl sites for hydroxylation is 1. The van der Waals surface area contributed by atoms with Crippen LogP contribution in [0.1, 0.15) is 30.6 Å². The second-order valence-corrected chi connectivity index (χ2v) is 6.78. The average Bonchev–Trinajstić information content (AvgIpc) is 2.47. The molecule has 1 atom stereocenters. The SMILES string of the molecule is CCCc1ccc(C(O)CSc2ccc(Br)cc2)cc1. The standard InChI is InChI=1S/C17H19BrOS/c1-2-3-13-4-6-14(7-5-13)17(19)12-20-16-10-8-15(18)9-11-16/h4-11,17,19H,2-3,12H2,1H3. The molecule has 20 heavy (non-hydrogen) atoms. The Hall–Kier alpha value is -0.770. The van der Waals surface area contributed by atoms with Gasteiger partial charge in [0, 0.05) is 15.1 Å².